The second-order valence-corrected chi connectivity index (χ2v) is 4.50. The van der Waals surface area contributed by atoms with Crippen LogP contribution in [0.4, 0.5) is 0 Å². The summed E-state index contributed by atoms with van der Waals surface area (Å²) < 4.78 is 2.56. The quantitative estimate of drug-likeness (QED) is 0.909. The Morgan fingerprint density at radius 1 is 1.65 bits per heavy atom. The number of nitrogens with zero attached hydrogens (tertiary/aromatic N) is 2. The third-order valence-corrected chi connectivity index (χ3v) is 3.36. The Bertz CT molecular complexity index is 531. The van der Waals surface area contributed by atoms with E-state index in [1.54, 1.807) is 4.68 Å². The van der Waals surface area contributed by atoms with Crippen LogP contribution >= 0.6 is 15.9 Å². The summed E-state index contributed by atoms with van der Waals surface area (Å²) in [6.45, 7) is 0. The molecule has 2 aromatic rings. The highest BCUT2D eigenvalue weighted by Crippen LogP contribution is 2.29. The van der Waals surface area contributed by atoms with Crippen LogP contribution < -0.4 is 0 Å². The second-order valence-electron chi connectivity index (χ2n) is 3.71. The molecule has 5 nitrogen and oxygen atoms in total. The van der Waals surface area contributed by atoms with Crippen LogP contribution in [-0.4, -0.2) is 25.8 Å². The first-order valence-electron chi connectivity index (χ1n) is 5.16. The number of carboxylic acids is 1. The molecule has 0 aromatic carbocycles. The molecular formula is C11H12BrN3O2. The molecule has 0 spiro atoms. The van der Waals surface area contributed by atoms with Crippen molar-refractivity contribution < 1.29 is 9.90 Å². The average Bonchev–Trinajstić information content (AvgIpc) is 2.85. The number of hydrogen-bond acceptors (Lipinski definition) is 2. The van der Waals surface area contributed by atoms with Crippen molar-refractivity contribution >= 4 is 21.9 Å². The van der Waals surface area contributed by atoms with Crippen LogP contribution in [0.5, 0.6) is 0 Å². The van der Waals surface area contributed by atoms with Crippen LogP contribution in [0.2, 0.25) is 0 Å². The first-order chi connectivity index (χ1) is 8.09. The standard InChI is InChI=1S/C11H12BrN3O2/c1-15-8(4-5-9(16)17)10(12)11(14-15)7-3-2-6-13-7/h2-3,6,13H,4-5H2,1H3,(H,16,17). The van der Waals surface area contributed by atoms with Gasteiger partial charge in [0.25, 0.3) is 0 Å². The number of halogens is 1. The Morgan fingerprint density at radius 2 is 2.41 bits per heavy atom. The van der Waals surface area contributed by atoms with E-state index < -0.39 is 5.97 Å². The molecule has 0 saturated carbocycles. The Morgan fingerprint density at radius 3 is 3.00 bits per heavy atom. The third-order valence-electron chi connectivity index (χ3n) is 2.53. The number of aromatic nitrogens is 3. The van der Waals surface area contributed by atoms with Crippen molar-refractivity contribution in [3.8, 4) is 11.4 Å². The lowest BCUT2D eigenvalue weighted by atomic mass is 10.2. The molecule has 0 radical (unpaired) electrons. The maximum Gasteiger partial charge on any atom is 0.303 e. The molecule has 0 unspecified atom stereocenters. The summed E-state index contributed by atoms with van der Waals surface area (Å²) in [5.74, 6) is -0.806. The molecule has 0 bridgehead atoms. The molecule has 0 saturated heterocycles. The van der Waals surface area contributed by atoms with Crippen LogP contribution in [-0.2, 0) is 18.3 Å². The number of aromatic amines is 1. The Labute approximate surface area is 107 Å². The van der Waals surface area contributed by atoms with Gasteiger partial charge >= 0.3 is 5.97 Å². The van der Waals surface area contributed by atoms with Gasteiger partial charge in [0.1, 0.15) is 5.69 Å². The molecule has 6 heteroatoms. The minimum atomic E-state index is -0.806. The van der Waals surface area contributed by atoms with Crippen LogP contribution in [0.3, 0.4) is 0 Å². The molecule has 0 atom stereocenters. The van der Waals surface area contributed by atoms with Gasteiger partial charge in [0.15, 0.2) is 0 Å². The second kappa shape index (κ2) is 4.75. The van der Waals surface area contributed by atoms with Crippen LogP contribution in [0.15, 0.2) is 22.8 Å². The van der Waals surface area contributed by atoms with Crippen LogP contribution in [0, 0.1) is 0 Å². The lowest BCUT2D eigenvalue weighted by molar-refractivity contribution is -0.136. The minimum absolute atomic E-state index is 0.0995. The number of aliphatic carboxylic acids is 1. The molecule has 2 N–H and O–H groups in total. The minimum Gasteiger partial charge on any atom is -0.481 e. The number of nitrogens with one attached hydrogen (secondary N) is 1. The molecule has 0 aliphatic carbocycles. The highest BCUT2D eigenvalue weighted by atomic mass is 79.9. The lowest BCUT2D eigenvalue weighted by Crippen LogP contribution is -2.03. The molecule has 0 amide bonds. The van der Waals surface area contributed by atoms with Crippen molar-refractivity contribution in [3.63, 3.8) is 0 Å². The van der Waals surface area contributed by atoms with E-state index >= 15 is 0 Å². The summed E-state index contributed by atoms with van der Waals surface area (Å²) in [6.07, 6.45) is 2.38. The molecule has 2 heterocycles. The van der Waals surface area contributed by atoms with Crippen LogP contribution in [0.1, 0.15) is 12.1 Å². The molecule has 90 valence electrons. The number of hydrogen-bond donors (Lipinski definition) is 2. The van der Waals surface area contributed by atoms with Gasteiger partial charge in [0.05, 0.1) is 22.3 Å². The number of carboxylic acid groups (broad SMARTS) is 1. The highest BCUT2D eigenvalue weighted by molar-refractivity contribution is 9.10. The topological polar surface area (TPSA) is 70.9 Å². The molecule has 0 aliphatic rings. The summed E-state index contributed by atoms with van der Waals surface area (Å²) in [6, 6.07) is 3.82. The fraction of sp³-hybridized carbons (Fsp3) is 0.273. The van der Waals surface area contributed by atoms with E-state index in [1.807, 2.05) is 25.4 Å². The van der Waals surface area contributed by atoms with E-state index in [4.69, 9.17) is 5.11 Å². The number of carbonyl (C=O) groups is 1. The smallest absolute Gasteiger partial charge is 0.303 e. The number of aryl methyl sites for hydroxylation is 1. The SMILES string of the molecule is Cn1nc(-c2ccc[nH]2)c(Br)c1CCC(=O)O. The van der Waals surface area contributed by atoms with E-state index in [9.17, 15) is 4.79 Å². The zero-order chi connectivity index (χ0) is 12.4. The fourth-order valence-corrected chi connectivity index (χ4v) is 2.43. The zero-order valence-corrected chi connectivity index (χ0v) is 10.9. The molecule has 2 aromatic heterocycles. The molecule has 17 heavy (non-hydrogen) atoms. The van der Waals surface area contributed by atoms with Crippen LogP contribution in [0.25, 0.3) is 11.4 Å². The summed E-state index contributed by atoms with van der Waals surface area (Å²) in [5.41, 5.74) is 2.60. The first-order valence-corrected chi connectivity index (χ1v) is 5.96. The van der Waals surface area contributed by atoms with Gasteiger partial charge in [0, 0.05) is 19.7 Å². The van der Waals surface area contributed by atoms with E-state index in [2.05, 4.69) is 26.0 Å². The van der Waals surface area contributed by atoms with Crippen molar-refractivity contribution in [2.24, 2.45) is 7.05 Å². The fourth-order valence-electron chi connectivity index (χ4n) is 1.68. The van der Waals surface area contributed by atoms with Crippen molar-refractivity contribution in [3.05, 3.63) is 28.5 Å². The Balaban J connectivity index is 2.32. The van der Waals surface area contributed by atoms with E-state index in [-0.39, 0.29) is 6.42 Å². The first kappa shape index (κ1) is 11.9. The van der Waals surface area contributed by atoms with Crippen molar-refractivity contribution in [1.82, 2.24) is 14.8 Å². The van der Waals surface area contributed by atoms with Gasteiger partial charge in [-0.2, -0.15) is 5.10 Å². The monoisotopic (exact) mass is 297 g/mol. The number of rotatable bonds is 4. The van der Waals surface area contributed by atoms with Crippen molar-refractivity contribution in [2.45, 2.75) is 12.8 Å². The molecular weight excluding hydrogens is 286 g/mol. The predicted molar refractivity (Wildman–Crippen MR) is 66.7 cm³/mol. The molecule has 2 rings (SSSR count). The molecule has 0 fully saturated rings. The number of H-pyrrole nitrogens is 1. The summed E-state index contributed by atoms with van der Waals surface area (Å²) in [5, 5.41) is 13.1. The van der Waals surface area contributed by atoms with E-state index in [0.29, 0.717) is 6.42 Å². The van der Waals surface area contributed by atoms with Gasteiger partial charge in [-0.25, -0.2) is 0 Å². The van der Waals surface area contributed by atoms with Gasteiger partial charge in [0.2, 0.25) is 0 Å². The van der Waals surface area contributed by atoms with Gasteiger partial charge < -0.3 is 10.1 Å². The van der Waals surface area contributed by atoms with Gasteiger partial charge in [-0.3, -0.25) is 9.48 Å². The Hall–Kier alpha value is -1.56. The summed E-state index contributed by atoms with van der Waals surface area (Å²) in [4.78, 5) is 13.7. The van der Waals surface area contributed by atoms with E-state index in [0.717, 1.165) is 21.6 Å². The zero-order valence-electron chi connectivity index (χ0n) is 9.27. The maximum atomic E-state index is 10.6. The van der Waals surface area contributed by atoms with Gasteiger partial charge in [-0.05, 0) is 28.1 Å². The van der Waals surface area contributed by atoms with Gasteiger partial charge in [-0.1, -0.05) is 0 Å². The Kier molecular flexibility index (Phi) is 3.33. The van der Waals surface area contributed by atoms with Gasteiger partial charge in [-0.15, -0.1) is 0 Å². The largest absolute Gasteiger partial charge is 0.481 e. The summed E-state index contributed by atoms with van der Waals surface area (Å²) in [7, 11) is 1.81. The summed E-state index contributed by atoms with van der Waals surface area (Å²) >= 11 is 3.48. The maximum absolute atomic E-state index is 10.6. The average molecular weight is 298 g/mol. The predicted octanol–water partition coefficient (Wildman–Crippen LogP) is 2.19. The normalized spacial score (nSPS) is 10.7. The highest BCUT2D eigenvalue weighted by Gasteiger charge is 2.16. The van der Waals surface area contributed by atoms with Crippen molar-refractivity contribution in [2.75, 3.05) is 0 Å². The lowest BCUT2D eigenvalue weighted by Gasteiger charge is -1.99. The van der Waals surface area contributed by atoms with E-state index in [1.165, 1.54) is 0 Å². The third kappa shape index (κ3) is 2.41. The van der Waals surface area contributed by atoms with Crippen molar-refractivity contribution in [1.29, 1.82) is 0 Å². The molecule has 0 aliphatic heterocycles.